The predicted octanol–water partition coefficient (Wildman–Crippen LogP) is -1.02. The number of fused-ring (bicyclic) bond motifs is 1. The molecule has 0 aromatic carbocycles. The fourth-order valence-electron chi connectivity index (χ4n) is 1.73. The highest BCUT2D eigenvalue weighted by molar-refractivity contribution is 7.88. The number of nitrogens with two attached hydrogens (primary N) is 1. The molecule has 1 aliphatic heterocycles. The molecule has 0 amide bonds. The lowest BCUT2D eigenvalue weighted by atomic mass is 10.3. The number of rotatable bonds is 1. The average Bonchev–Trinajstić information content (AvgIpc) is 2.30. The number of hydrogen-bond acceptors (Lipinski definition) is 3. The summed E-state index contributed by atoms with van der Waals surface area (Å²) in [5.41, 5.74) is 5.67. The fraction of sp³-hybridized carbons (Fsp3) is 1.00. The van der Waals surface area contributed by atoms with E-state index in [2.05, 4.69) is 0 Å². The molecule has 64 valence electrons. The van der Waals surface area contributed by atoms with E-state index in [1.54, 1.807) is 0 Å². The summed E-state index contributed by atoms with van der Waals surface area (Å²) >= 11 is 0. The van der Waals surface area contributed by atoms with Crippen molar-refractivity contribution in [3.05, 3.63) is 0 Å². The second-order valence-corrected chi connectivity index (χ2v) is 5.67. The lowest BCUT2D eigenvalue weighted by molar-refractivity contribution is 0.437. The summed E-state index contributed by atoms with van der Waals surface area (Å²) in [5.74, 6) is 0.428. The summed E-state index contributed by atoms with van der Waals surface area (Å²) < 4.78 is 23.5. The molecule has 11 heavy (non-hydrogen) atoms. The van der Waals surface area contributed by atoms with Gasteiger partial charge in [-0.1, -0.05) is 0 Å². The Bertz CT molecular complexity index is 287. The Morgan fingerprint density at radius 1 is 1.64 bits per heavy atom. The molecule has 2 atom stereocenters. The molecule has 1 saturated carbocycles. The number of hydrogen-bond donors (Lipinski definition) is 1. The molecular formula is C6H12N2O2S. The maximum Gasteiger partial charge on any atom is 0.211 e. The molecule has 2 rings (SSSR count). The first-order valence-electron chi connectivity index (χ1n) is 3.66. The average molecular weight is 176 g/mol. The molecule has 1 aliphatic carbocycles. The van der Waals surface area contributed by atoms with Crippen molar-refractivity contribution in [3.63, 3.8) is 0 Å². The smallest absolute Gasteiger partial charge is 0.211 e. The van der Waals surface area contributed by atoms with Crippen molar-refractivity contribution in [1.29, 1.82) is 0 Å². The summed E-state index contributed by atoms with van der Waals surface area (Å²) in [6.45, 7) is 1.16. The summed E-state index contributed by atoms with van der Waals surface area (Å²) in [4.78, 5) is 0. The number of sulfonamides is 1. The van der Waals surface area contributed by atoms with Crippen molar-refractivity contribution < 1.29 is 8.42 Å². The van der Waals surface area contributed by atoms with E-state index in [-0.39, 0.29) is 5.54 Å². The van der Waals surface area contributed by atoms with E-state index in [9.17, 15) is 8.42 Å². The molecule has 2 fully saturated rings. The van der Waals surface area contributed by atoms with Crippen LogP contribution in [0.15, 0.2) is 0 Å². The molecule has 4 nitrogen and oxygen atoms in total. The van der Waals surface area contributed by atoms with Gasteiger partial charge in [-0.3, -0.25) is 0 Å². The van der Waals surface area contributed by atoms with Crippen LogP contribution in [0.2, 0.25) is 0 Å². The third-order valence-corrected chi connectivity index (χ3v) is 3.86. The van der Waals surface area contributed by atoms with Crippen molar-refractivity contribution in [2.45, 2.75) is 12.0 Å². The lowest BCUT2D eigenvalue weighted by Crippen LogP contribution is -2.36. The van der Waals surface area contributed by atoms with E-state index in [4.69, 9.17) is 5.73 Å². The Balaban J connectivity index is 2.14. The van der Waals surface area contributed by atoms with E-state index in [0.29, 0.717) is 19.0 Å². The van der Waals surface area contributed by atoms with Crippen LogP contribution in [0.5, 0.6) is 0 Å². The van der Waals surface area contributed by atoms with E-state index in [1.807, 2.05) is 0 Å². The minimum absolute atomic E-state index is 0.164. The maximum absolute atomic E-state index is 11.0. The van der Waals surface area contributed by atoms with Crippen molar-refractivity contribution in [3.8, 4) is 0 Å². The first-order valence-corrected chi connectivity index (χ1v) is 5.51. The standard InChI is InChI=1S/C6H12N2O2S/c1-11(9,10)8-3-5-2-6(5,7)4-8/h5H,2-4,7H2,1H3/t5-,6-/m1/s1. The minimum Gasteiger partial charge on any atom is -0.324 e. The van der Waals surface area contributed by atoms with Gasteiger partial charge in [0.1, 0.15) is 0 Å². The summed E-state index contributed by atoms with van der Waals surface area (Å²) in [6, 6.07) is 0. The van der Waals surface area contributed by atoms with Crippen LogP contribution in [-0.4, -0.2) is 37.6 Å². The summed E-state index contributed by atoms with van der Waals surface area (Å²) in [5, 5.41) is 0. The van der Waals surface area contributed by atoms with Gasteiger partial charge in [-0.05, 0) is 12.3 Å². The van der Waals surface area contributed by atoms with Crippen LogP contribution in [0, 0.1) is 5.92 Å². The first-order chi connectivity index (χ1) is 4.92. The molecular weight excluding hydrogens is 164 g/mol. The largest absolute Gasteiger partial charge is 0.324 e. The van der Waals surface area contributed by atoms with Gasteiger partial charge in [-0.15, -0.1) is 0 Å². The highest BCUT2D eigenvalue weighted by Gasteiger charge is 2.58. The van der Waals surface area contributed by atoms with Gasteiger partial charge in [0.25, 0.3) is 0 Å². The minimum atomic E-state index is -2.99. The molecule has 0 unspecified atom stereocenters. The SMILES string of the molecule is CS(=O)(=O)N1C[C@H]2C[C@@]2(N)C1. The predicted molar refractivity (Wildman–Crippen MR) is 41.4 cm³/mol. The number of nitrogens with zero attached hydrogens (tertiary/aromatic N) is 1. The Kier molecular flexibility index (Phi) is 1.22. The zero-order valence-corrected chi connectivity index (χ0v) is 7.26. The second-order valence-electron chi connectivity index (χ2n) is 3.69. The maximum atomic E-state index is 11.0. The van der Waals surface area contributed by atoms with E-state index < -0.39 is 10.0 Å². The quantitative estimate of drug-likeness (QED) is 0.556. The van der Waals surface area contributed by atoms with Crippen LogP contribution in [-0.2, 0) is 10.0 Å². The molecule has 0 spiro atoms. The van der Waals surface area contributed by atoms with Gasteiger partial charge in [0.2, 0.25) is 10.0 Å². The van der Waals surface area contributed by atoms with Crippen LogP contribution in [0.4, 0.5) is 0 Å². The fourth-order valence-corrected chi connectivity index (χ4v) is 2.66. The van der Waals surface area contributed by atoms with Crippen LogP contribution >= 0.6 is 0 Å². The Hall–Kier alpha value is -0.130. The van der Waals surface area contributed by atoms with Crippen molar-refractivity contribution in [2.75, 3.05) is 19.3 Å². The molecule has 1 saturated heterocycles. The Morgan fingerprint density at radius 3 is 2.55 bits per heavy atom. The summed E-state index contributed by atoms with van der Waals surface area (Å²) in [6.07, 6.45) is 2.24. The Morgan fingerprint density at radius 2 is 2.27 bits per heavy atom. The van der Waals surface area contributed by atoms with Gasteiger partial charge in [0.05, 0.1) is 6.26 Å². The van der Waals surface area contributed by atoms with Gasteiger partial charge >= 0.3 is 0 Å². The molecule has 0 aromatic rings. The molecule has 5 heteroatoms. The van der Waals surface area contributed by atoms with Crippen LogP contribution in [0.3, 0.4) is 0 Å². The highest BCUT2D eigenvalue weighted by Crippen LogP contribution is 2.47. The topological polar surface area (TPSA) is 63.4 Å². The molecule has 0 bridgehead atoms. The van der Waals surface area contributed by atoms with E-state index in [0.717, 1.165) is 6.42 Å². The first kappa shape index (κ1) is 7.52. The van der Waals surface area contributed by atoms with Gasteiger partial charge in [-0.2, -0.15) is 4.31 Å². The van der Waals surface area contributed by atoms with Crippen LogP contribution in [0.1, 0.15) is 6.42 Å². The summed E-state index contributed by atoms with van der Waals surface area (Å²) in [7, 11) is -2.99. The zero-order valence-electron chi connectivity index (χ0n) is 6.45. The van der Waals surface area contributed by atoms with Crippen LogP contribution in [0.25, 0.3) is 0 Å². The van der Waals surface area contributed by atoms with Crippen molar-refractivity contribution >= 4 is 10.0 Å². The van der Waals surface area contributed by atoms with Gasteiger partial charge < -0.3 is 5.73 Å². The van der Waals surface area contributed by atoms with E-state index >= 15 is 0 Å². The second kappa shape index (κ2) is 1.78. The molecule has 1 heterocycles. The normalized spacial score (nSPS) is 44.0. The van der Waals surface area contributed by atoms with Crippen molar-refractivity contribution in [2.24, 2.45) is 11.7 Å². The number of piperidine rings is 1. The van der Waals surface area contributed by atoms with E-state index in [1.165, 1.54) is 10.6 Å². The van der Waals surface area contributed by atoms with Gasteiger partial charge in [0.15, 0.2) is 0 Å². The zero-order chi connectivity index (χ0) is 8.28. The van der Waals surface area contributed by atoms with Gasteiger partial charge in [-0.25, -0.2) is 8.42 Å². The van der Waals surface area contributed by atoms with Gasteiger partial charge in [0, 0.05) is 18.6 Å². The van der Waals surface area contributed by atoms with Crippen LogP contribution < -0.4 is 5.73 Å². The molecule has 2 aliphatic rings. The molecule has 0 aromatic heterocycles. The Labute approximate surface area is 66.4 Å². The lowest BCUT2D eigenvalue weighted by Gasteiger charge is -2.15. The third kappa shape index (κ3) is 1.07. The molecule has 0 radical (unpaired) electrons. The molecule has 2 N–H and O–H groups in total. The monoisotopic (exact) mass is 176 g/mol. The van der Waals surface area contributed by atoms with Crippen molar-refractivity contribution in [1.82, 2.24) is 4.31 Å². The highest BCUT2D eigenvalue weighted by atomic mass is 32.2. The third-order valence-electron chi connectivity index (χ3n) is 2.64.